The standard InChI is InChI=1S/C18H29Br/c1-2-3-4-5-6-7-8-9-12-17-13-10-11-14-18(17)15-16-19/h10-11,13-14H,2-9,12,15-16H2,1H3. The second kappa shape index (κ2) is 11.5. The van der Waals surface area contributed by atoms with Crippen LogP contribution in [0.1, 0.15) is 69.4 Å². The summed E-state index contributed by atoms with van der Waals surface area (Å²) in [4.78, 5) is 0. The van der Waals surface area contributed by atoms with Crippen LogP contribution in [0.25, 0.3) is 0 Å². The maximum atomic E-state index is 3.54. The van der Waals surface area contributed by atoms with Gasteiger partial charge in [-0.25, -0.2) is 0 Å². The summed E-state index contributed by atoms with van der Waals surface area (Å²) in [6, 6.07) is 8.92. The van der Waals surface area contributed by atoms with Crippen molar-refractivity contribution in [3.05, 3.63) is 35.4 Å². The lowest BCUT2D eigenvalue weighted by Crippen LogP contribution is -1.95. The molecule has 0 N–H and O–H groups in total. The molecular formula is C18H29Br. The van der Waals surface area contributed by atoms with Crippen LogP contribution in [0.4, 0.5) is 0 Å². The highest BCUT2D eigenvalue weighted by Gasteiger charge is 2.00. The fraction of sp³-hybridized carbons (Fsp3) is 0.667. The summed E-state index contributed by atoms with van der Waals surface area (Å²) in [6.07, 6.45) is 13.7. The number of halogens is 1. The molecule has 0 aliphatic heterocycles. The van der Waals surface area contributed by atoms with E-state index >= 15 is 0 Å². The Hall–Kier alpha value is -0.300. The van der Waals surface area contributed by atoms with Crippen molar-refractivity contribution >= 4 is 15.9 Å². The van der Waals surface area contributed by atoms with E-state index in [0.717, 1.165) is 11.8 Å². The highest BCUT2D eigenvalue weighted by atomic mass is 79.9. The van der Waals surface area contributed by atoms with E-state index in [2.05, 4.69) is 47.1 Å². The van der Waals surface area contributed by atoms with Gasteiger partial charge in [0.2, 0.25) is 0 Å². The zero-order valence-corrected chi connectivity index (χ0v) is 14.1. The average molecular weight is 325 g/mol. The van der Waals surface area contributed by atoms with E-state index in [9.17, 15) is 0 Å². The SMILES string of the molecule is CCCCCCCCCCc1ccccc1CCBr. The molecule has 0 radical (unpaired) electrons. The van der Waals surface area contributed by atoms with Crippen LogP contribution in [0, 0.1) is 0 Å². The van der Waals surface area contributed by atoms with Crippen molar-refractivity contribution in [2.75, 3.05) is 5.33 Å². The fourth-order valence-corrected chi connectivity index (χ4v) is 3.02. The first-order chi connectivity index (χ1) is 9.38. The molecule has 0 heterocycles. The highest BCUT2D eigenvalue weighted by molar-refractivity contribution is 9.09. The predicted octanol–water partition coefficient (Wildman–Crippen LogP) is 6.31. The molecule has 1 aromatic carbocycles. The van der Waals surface area contributed by atoms with E-state index in [0.29, 0.717) is 0 Å². The molecule has 19 heavy (non-hydrogen) atoms. The molecule has 1 rings (SSSR count). The van der Waals surface area contributed by atoms with Crippen molar-refractivity contribution in [2.24, 2.45) is 0 Å². The minimum atomic E-state index is 1.07. The first-order valence-electron chi connectivity index (χ1n) is 8.01. The summed E-state index contributed by atoms with van der Waals surface area (Å²) in [7, 11) is 0. The first-order valence-corrected chi connectivity index (χ1v) is 9.13. The summed E-state index contributed by atoms with van der Waals surface area (Å²) in [6.45, 7) is 2.28. The van der Waals surface area contributed by atoms with E-state index in [4.69, 9.17) is 0 Å². The fourth-order valence-electron chi connectivity index (χ4n) is 2.60. The van der Waals surface area contributed by atoms with Gasteiger partial charge >= 0.3 is 0 Å². The van der Waals surface area contributed by atoms with Gasteiger partial charge in [0.15, 0.2) is 0 Å². The second-order valence-corrected chi connectivity index (χ2v) is 6.23. The maximum absolute atomic E-state index is 3.54. The molecule has 0 unspecified atom stereocenters. The van der Waals surface area contributed by atoms with Gasteiger partial charge in [-0.2, -0.15) is 0 Å². The van der Waals surface area contributed by atoms with Crippen molar-refractivity contribution in [2.45, 2.75) is 71.1 Å². The van der Waals surface area contributed by atoms with Gasteiger partial charge in [-0.3, -0.25) is 0 Å². The number of alkyl halides is 1. The van der Waals surface area contributed by atoms with E-state index in [1.165, 1.54) is 63.4 Å². The van der Waals surface area contributed by atoms with Crippen LogP contribution in [0.3, 0.4) is 0 Å². The molecule has 0 atom stereocenters. The number of rotatable bonds is 11. The molecule has 0 aliphatic carbocycles. The van der Waals surface area contributed by atoms with Crippen LogP contribution in [-0.2, 0) is 12.8 Å². The molecule has 0 fully saturated rings. The molecule has 0 saturated heterocycles. The Morgan fingerprint density at radius 1 is 0.737 bits per heavy atom. The van der Waals surface area contributed by atoms with Gasteiger partial charge in [0.1, 0.15) is 0 Å². The lowest BCUT2D eigenvalue weighted by atomic mass is 9.99. The largest absolute Gasteiger partial charge is 0.0924 e. The normalized spacial score (nSPS) is 10.8. The van der Waals surface area contributed by atoms with E-state index < -0.39 is 0 Å². The van der Waals surface area contributed by atoms with Crippen LogP contribution < -0.4 is 0 Å². The number of benzene rings is 1. The Morgan fingerprint density at radius 2 is 1.26 bits per heavy atom. The molecule has 0 nitrogen and oxygen atoms in total. The van der Waals surface area contributed by atoms with Crippen LogP contribution in [-0.4, -0.2) is 5.33 Å². The Balaban J connectivity index is 2.12. The molecule has 1 aromatic rings. The Bertz CT molecular complexity index is 319. The smallest absolute Gasteiger partial charge is 0.00719 e. The molecule has 0 bridgehead atoms. The number of hydrogen-bond acceptors (Lipinski definition) is 0. The third-order valence-electron chi connectivity index (χ3n) is 3.78. The molecule has 1 heteroatoms. The summed E-state index contributed by atoms with van der Waals surface area (Å²) in [5.41, 5.74) is 3.09. The minimum Gasteiger partial charge on any atom is -0.0924 e. The lowest BCUT2D eigenvalue weighted by molar-refractivity contribution is 0.575. The van der Waals surface area contributed by atoms with Gasteiger partial charge in [-0.15, -0.1) is 0 Å². The zero-order chi connectivity index (χ0) is 13.8. The van der Waals surface area contributed by atoms with Crippen LogP contribution >= 0.6 is 15.9 Å². The van der Waals surface area contributed by atoms with E-state index in [1.54, 1.807) is 5.56 Å². The third-order valence-corrected chi connectivity index (χ3v) is 4.18. The summed E-state index contributed by atoms with van der Waals surface area (Å²) < 4.78 is 0. The van der Waals surface area contributed by atoms with Gasteiger partial charge in [0, 0.05) is 5.33 Å². The monoisotopic (exact) mass is 324 g/mol. The van der Waals surface area contributed by atoms with Gasteiger partial charge in [0.25, 0.3) is 0 Å². The predicted molar refractivity (Wildman–Crippen MR) is 90.3 cm³/mol. The number of aryl methyl sites for hydroxylation is 2. The highest BCUT2D eigenvalue weighted by Crippen LogP contribution is 2.15. The van der Waals surface area contributed by atoms with Crippen molar-refractivity contribution in [1.82, 2.24) is 0 Å². The molecule has 108 valence electrons. The third kappa shape index (κ3) is 7.77. The van der Waals surface area contributed by atoms with Gasteiger partial charge in [-0.05, 0) is 30.4 Å². The molecule has 0 spiro atoms. The number of unbranched alkanes of at least 4 members (excludes halogenated alkanes) is 7. The average Bonchev–Trinajstić information content (AvgIpc) is 2.44. The Labute approximate surface area is 128 Å². The van der Waals surface area contributed by atoms with Gasteiger partial charge in [0.05, 0.1) is 0 Å². The summed E-state index contributed by atoms with van der Waals surface area (Å²) in [5.74, 6) is 0. The topological polar surface area (TPSA) is 0 Å². The van der Waals surface area contributed by atoms with Crippen molar-refractivity contribution in [3.63, 3.8) is 0 Å². The second-order valence-electron chi connectivity index (χ2n) is 5.43. The van der Waals surface area contributed by atoms with Crippen molar-refractivity contribution in [1.29, 1.82) is 0 Å². The molecule has 0 amide bonds. The molecule has 0 aromatic heterocycles. The van der Waals surface area contributed by atoms with Gasteiger partial charge < -0.3 is 0 Å². The Morgan fingerprint density at radius 3 is 1.84 bits per heavy atom. The van der Waals surface area contributed by atoms with Crippen LogP contribution in [0.2, 0.25) is 0 Å². The summed E-state index contributed by atoms with van der Waals surface area (Å²) in [5, 5.41) is 1.07. The Kier molecular flexibility index (Phi) is 10.2. The molecular weight excluding hydrogens is 296 g/mol. The van der Waals surface area contributed by atoms with Crippen LogP contribution in [0.15, 0.2) is 24.3 Å². The quantitative estimate of drug-likeness (QED) is 0.330. The molecule has 0 aliphatic rings. The number of hydrogen-bond donors (Lipinski definition) is 0. The maximum Gasteiger partial charge on any atom is 0.00719 e. The van der Waals surface area contributed by atoms with Gasteiger partial charge in [-0.1, -0.05) is 92.1 Å². The van der Waals surface area contributed by atoms with Crippen LogP contribution in [0.5, 0.6) is 0 Å². The lowest BCUT2D eigenvalue weighted by Gasteiger charge is -2.08. The first kappa shape index (κ1) is 16.8. The molecule has 0 saturated carbocycles. The minimum absolute atomic E-state index is 1.07. The van der Waals surface area contributed by atoms with Crippen molar-refractivity contribution < 1.29 is 0 Å². The van der Waals surface area contributed by atoms with E-state index in [1.807, 2.05) is 0 Å². The van der Waals surface area contributed by atoms with Crippen molar-refractivity contribution in [3.8, 4) is 0 Å². The zero-order valence-electron chi connectivity index (χ0n) is 12.5. The van der Waals surface area contributed by atoms with E-state index in [-0.39, 0.29) is 0 Å². The summed E-state index contributed by atoms with van der Waals surface area (Å²) >= 11 is 3.54.